The van der Waals surface area contributed by atoms with E-state index in [1.807, 2.05) is 57.1 Å². The Kier molecular flexibility index (Phi) is 13.6. The first-order valence-corrected chi connectivity index (χ1v) is 19.9. The number of carbonyl (C=O) groups excluding carboxylic acids is 4. The average Bonchev–Trinajstić information content (AvgIpc) is 3.48. The number of rotatable bonds is 9. The molecule has 3 saturated heterocycles. The van der Waals surface area contributed by atoms with Crippen LogP contribution in [0, 0.1) is 17.8 Å². The summed E-state index contributed by atoms with van der Waals surface area (Å²) < 4.78 is 47.9. The van der Waals surface area contributed by atoms with Crippen molar-refractivity contribution in [1.29, 1.82) is 0 Å². The number of ether oxygens (including phenoxy) is 5. The summed E-state index contributed by atoms with van der Waals surface area (Å²) in [4.78, 5) is 66.1. The summed E-state index contributed by atoms with van der Waals surface area (Å²) in [5, 5.41) is 14.3. The van der Waals surface area contributed by atoms with Gasteiger partial charge in [-0.3, -0.25) is 19.6 Å². The molecule has 0 saturated carbocycles. The monoisotopic (exact) mass is 798 g/mol. The number of hydrogen-bond acceptors (Lipinski definition) is 13. The van der Waals surface area contributed by atoms with Gasteiger partial charge < -0.3 is 39.0 Å². The predicted molar refractivity (Wildman–Crippen MR) is 208 cm³/mol. The first kappa shape index (κ1) is 44.2. The highest BCUT2D eigenvalue weighted by Crippen LogP contribution is 2.41. The Bertz CT molecular complexity index is 1830. The van der Waals surface area contributed by atoms with E-state index in [4.69, 9.17) is 23.7 Å². The van der Waals surface area contributed by atoms with Crippen LogP contribution in [-0.2, 0) is 38.1 Å². The van der Waals surface area contributed by atoms with E-state index in [1.54, 1.807) is 46.2 Å². The maximum Gasteiger partial charge on any atom is 0.408 e. The van der Waals surface area contributed by atoms with E-state index in [9.17, 15) is 24.3 Å². The number of nitrogens with one attached hydrogen (secondary N) is 1. The van der Waals surface area contributed by atoms with Crippen LogP contribution in [0.3, 0.4) is 0 Å². The van der Waals surface area contributed by atoms with Gasteiger partial charge in [0.25, 0.3) is 5.67 Å². The number of ketones is 2. The van der Waals surface area contributed by atoms with E-state index in [2.05, 4.69) is 15.3 Å². The highest BCUT2D eigenvalue weighted by atomic mass is 19.1. The van der Waals surface area contributed by atoms with Gasteiger partial charge in [0.2, 0.25) is 0 Å². The predicted octanol–water partition coefficient (Wildman–Crippen LogP) is 4.99. The second kappa shape index (κ2) is 17.5. The molecule has 1 aromatic heterocycles. The molecule has 3 aliphatic rings. The van der Waals surface area contributed by atoms with Crippen LogP contribution in [0.25, 0.3) is 17.1 Å². The SMILES string of the molecule is CCC[C@H]1OC(=O)[C@@](C)(F)C(=O)[C@H](C)[C@@H](O[C@@H]2O[C@H](C)C[C@H](N(C)C)[C@H]2O)[C@](C)(OC/C=C/c2ccc3nccnc3c2)C[C@@H](C)C(=O)[C@H](C)[C@@H]2NC(=O)O[C@]12C. The topological polar surface area (TPSA) is 176 Å². The zero-order valence-corrected chi connectivity index (χ0v) is 34.7. The van der Waals surface area contributed by atoms with Gasteiger partial charge in [-0.1, -0.05) is 52.3 Å². The van der Waals surface area contributed by atoms with Gasteiger partial charge in [-0.05, 0) is 78.7 Å². The van der Waals surface area contributed by atoms with E-state index in [-0.39, 0.29) is 37.4 Å². The number of halogens is 1. The van der Waals surface area contributed by atoms with E-state index in [0.717, 1.165) is 18.0 Å². The van der Waals surface area contributed by atoms with Gasteiger partial charge >= 0.3 is 12.1 Å². The van der Waals surface area contributed by atoms with Gasteiger partial charge in [0.05, 0.1) is 41.5 Å². The van der Waals surface area contributed by atoms with Crippen LogP contribution in [0.15, 0.2) is 36.7 Å². The first-order chi connectivity index (χ1) is 26.7. The summed E-state index contributed by atoms with van der Waals surface area (Å²) in [6, 6.07) is 4.24. The molecule has 1 amide bonds. The van der Waals surface area contributed by atoms with Gasteiger partial charge in [-0.25, -0.2) is 14.0 Å². The number of nitrogens with zero attached hydrogens (tertiary/aromatic N) is 3. The molecule has 2 aromatic rings. The van der Waals surface area contributed by atoms with Gasteiger partial charge in [0.1, 0.15) is 18.0 Å². The third kappa shape index (κ3) is 9.22. The molecule has 57 heavy (non-hydrogen) atoms. The third-order valence-electron chi connectivity index (χ3n) is 12.0. The van der Waals surface area contributed by atoms with E-state index < -0.39 is 83.1 Å². The fraction of sp³-hybridized carbons (Fsp3) is 0.667. The number of likely N-dealkylation sites (N-methyl/N-ethyl adjacent to an activating group) is 1. The van der Waals surface area contributed by atoms with Gasteiger partial charge in [-0.15, -0.1) is 0 Å². The van der Waals surface area contributed by atoms with Crippen molar-refractivity contribution in [2.45, 2.75) is 141 Å². The van der Waals surface area contributed by atoms with Crippen LogP contribution in [0.2, 0.25) is 0 Å². The Balaban J connectivity index is 1.59. The van der Waals surface area contributed by atoms with Gasteiger partial charge in [-0.2, -0.15) is 0 Å². The molecular weight excluding hydrogens is 739 g/mol. The molecule has 15 heteroatoms. The van der Waals surface area contributed by atoms with Crippen LogP contribution < -0.4 is 5.32 Å². The maximum atomic E-state index is 17.0. The van der Waals surface area contributed by atoms with Crippen LogP contribution in [0.4, 0.5) is 9.18 Å². The summed E-state index contributed by atoms with van der Waals surface area (Å²) in [6.45, 7) is 12.5. The number of hydrogen-bond donors (Lipinski definition) is 2. The van der Waals surface area contributed by atoms with Crippen LogP contribution >= 0.6 is 0 Å². The van der Waals surface area contributed by atoms with Crippen molar-refractivity contribution in [1.82, 2.24) is 20.2 Å². The van der Waals surface area contributed by atoms with Crippen molar-refractivity contribution in [3.05, 3.63) is 42.2 Å². The van der Waals surface area contributed by atoms with Gasteiger partial charge in [0.15, 0.2) is 17.7 Å². The number of alkyl carbamates (subject to hydrolysis) is 1. The van der Waals surface area contributed by atoms with Crippen molar-refractivity contribution >= 4 is 40.7 Å². The molecule has 2 N–H and O–H groups in total. The normalized spacial score (nSPS) is 38.5. The number of Topliss-reactive ketones (excluding diaryl/α,β-unsaturated/α-hetero) is 2. The molecule has 0 spiro atoms. The summed E-state index contributed by atoms with van der Waals surface area (Å²) in [5.74, 6) is -5.94. The second-order valence-corrected chi connectivity index (χ2v) is 16.8. The Morgan fingerprint density at radius 3 is 2.39 bits per heavy atom. The number of amides is 1. The number of aliphatic hydroxyl groups excluding tert-OH is 1. The molecule has 0 unspecified atom stereocenters. The average molecular weight is 799 g/mol. The Hall–Kier alpha value is -3.89. The van der Waals surface area contributed by atoms with Crippen molar-refractivity contribution in [3.8, 4) is 0 Å². The number of alkyl halides is 1. The third-order valence-corrected chi connectivity index (χ3v) is 12.0. The minimum Gasteiger partial charge on any atom is -0.455 e. The zero-order valence-electron chi connectivity index (χ0n) is 34.7. The van der Waals surface area contributed by atoms with E-state index >= 15 is 4.39 Å². The largest absolute Gasteiger partial charge is 0.455 e. The zero-order chi connectivity index (χ0) is 42.0. The number of carbonyl (C=O) groups is 4. The lowest BCUT2D eigenvalue weighted by Crippen LogP contribution is -2.61. The number of esters is 1. The number of cyclic esters (lactones) is 1. The molecule has 1 aromatic carbocycles. The molecule has 0 radical (unpaired) electrons. The lowest BCUT2D eigenvalue weighted by atomic mass is 9.73. The fourth-order valence-electron chi connectivity index (χ4n) is 8.76. The van der Waals surface area contributed by atoms with Crippen molar-refractivity contribution in [3.63, 3.8) is 0 Å². The molecule has 314 valence electrons. The van der Waals surface area contributed by atoms with Crippen molar-refractivity contribution in [2.24, 2.45) is 17.8 Å². The summed E-state index contributed by atoms with van der Waals surface area (Å²) in [7, 11) is 3.64. The minimum atomic E-state index is -3.20. The summed E-state index contributed by atoms with van der Waals surface area (Å²) in [6.07, 6.45) is 1.63. The Morgan fingerprint density at radius 2 is 1.72 bits per heavy atom. The molecule has 4 heterocycles. The lowest BCUT2D eigenvalue weighted by molar-refractivity contribution is -0.297. The number of benzene rings is 1. The minimum absolute atomic E-state index is 0.0442. The molecule has 13 atom stereocenters. The van der Waals surface area contributed by atoms with Crippen molar-refractivity contribution < 1.29 is 52.4 Å². The van der Waals surface area contributed by atoms with Crippen LogP contribution in [0.5, 0.6) is 0 Å². The second-order valence-electron chi connectivity index (χ2n) is 16.8. The van der Waals surface area contributed by atoms with E-state index in [1.165, 1.54) is 6.92 Å². The van der Waals surface area contributed by atoms with Gasteiger partial charge in [0, 0.05) is 36.2 Å². The molecule has 0 aliphatic carbocycles. The molecular formula is C42H59FN4O10. The molecule has 3 aliphatic heterocycles. The summed E-state index contributed by atoms with van der Waals surface area (Å²) in [5.41, 5.74) is -4.06. The van der Waals surface area contributed by atoms with Crippen LogP contribution in [0.1, 0.15) is 86.6 Å². The van der Waals surface area contributed by atoms with Crippen molar-refractivity contribution in [2.75, 3.05) is 20.7 Å². The molecule has 5 rings (SSSR count). The van der Waals surface area contributed by atoms with E-state index in [0.29, 0.717) is 18.4 Å². The van der Waals surface area contributed by atoms with Crippen LogP contribution in [-0.4, -0.2) is 124 Å². The Labute approximate surface area is 334 Å². The first-order valence-electron chi connectivity index (χ1n) is 19.9. The molecule has 14 nitrogen and oxygen atoms in total. The highest BCUT2D eigenvalue weighted by molar-refractivity contribution is 6.08. The smallest absolute Gasteiger partial charge is 0.408 e. The number of fused-ring (bicyclic) bond motifs is 2. The fourth-order valence-corrected chi connectivity index (χ4v) is 8.76. The molecule has 3 fully saturated rings. The summed E-state index contributed by atoms with van der Waals surface area (Å²) >= 11 is 0. The maximum absolute atomic E-state index is 17.0. The molecule has 0 bridgehead atoms. The highest BCUT2D eigenvalue weighted by Gasteiger charge is 2.59. The Morgan fingerprint density at radius 1 is 1.04 bits per heavy atom. The number of aromatic nitrogens is 2. The number of aliphatic hydroxyl groups is 1. The standard InChI is InChI=1S/C42H59FN4O10/c1-11-13-31-42(8)34(46-39(52)57-42)25(4)32(48)23(2)22-40(6,53-19-12-14-27-15-16-28-29(21-27)45-18-17-44-28)36(26(5)35(50)41(7,43)38(51)55-31)56-37-33(49)30(47(9)10)20-24(3)54-37/h12,14-18,21,23-26,30-31,33-34,36-37,49H,11,13,19-20,22H2,1-10H3,(H,46,52)/b14-12+/t23-,24-,25+,26+,30+,31-,33-,34+,36-,37+,40-,41+,42-/m1/s1. The lowest BCUT2D eigenvalue weighted by Gasteiger charge is -2.47. The quantitative estimate of drug-likeness (QED) is 0.257.